The van der Waals surface area contributed by atoms with Gasteiger partial charge in [-0.15, -0.1) is 0 Å². The van der Waals surface area contributed by atoms with E-state index in [2.05, 4.69) is 10.6 Å². The van der Waals surface area contributed by atoms with Crippen molar-refractivity contribution in [3.05, 3.63) is 28.2 Å². The molecule has 0 aliphatic heterocycles. The van der Waals surface area contributed by atoms with E-state index < -0.39 is 0 Å². The number of carbonyl (C=O) groups excluding carboxylic acids is 1. The van der Waals surface area contributed by atoms with Crippen molar-refractivity contribution in [1.29, 1.82) is 0 Å². The summed E-state index contributed by atoms with van der Waals surface area (Å²) in [5.74, 6) is -0.175. The van der Waals surface area contributed by atoms with Crippen LogP contribution in [0.5, 0.6) is 0 Å². The molecule has 1 amide bonds. The average molecular weight is 331 g/mol. The van der Waals surface area contributed by atoms with Gasteiger partial charge in [-0.25, -0.2) is 0 Å². The number of benzene rings is 1. The summed E-state index contributed by atoms with van der Waals surface area (Å²) in [5, 5.41) is 6.61. The molecule has 116 valence electrons. The SMILES string of the molecule is O=C(CNCCOC1CCCC1)Nc1c(Cl)cccc1Cl. The highest BCUT2D eigenvalue weighted by Crippen LogP contribution is 2.29. The van der Waals surface area contributed by atoms with E-state index in [0.29, 0.717) is 35.0 Å². The first-order chi connectivity index (χ1) is 10.2. The molecule has 0 bridgehead atoms. The fraction of sp³-hybridized carbons (Fsp3) is 0.533. The molecule has 1 fully saturated rings. The highest BCUT2D eigenvalue weighted by molar-refractivity contribution is 6.39. The van der Waals surface area contributed by atoms with Crippen molar-refractivity contribution >= 4 is 34.8 Å². The normalized spacial score (nSPS) is 15.3. The zero-order chi connectivity index (χ0) is 15.1. The molecule has 0 radical (unpaired) electrons. The highest BCUT2D eigenvalue weighted by Gasteiger charge is 2.14. The Bertz CT molecular complexity index is 456. The molecule has 1 saturated carbocycles. The molecule has 0 spiro atoms. The van der Waals surface area contributed by atoms with E-state index in [0.717, 1.165) is 12.8 Å². The molecule has 1 aliphatic rings. The summed E-state index contributed by atoms with van der Waals surface area (Å²) in [5.41, 5.74) is 0.454. The predicted molar refractivity (Wildman–Crippen MR) is 86.2 cm³/mol. The number of hydrogen-bond donors (Lipinski definition) is 2. The molecule has 1 aromatic carbocycles. The number of nitrogens with one attached hydrogen (secondary N) is 2. The summed E-state index contributed by atoms with van der Waals surface area (Å²) >= 11 is 12.0. The largest absolute Gasteiger partial charge is 0.377 e. The van der Waals surface area contributed by atoms with Crippen LogP contribution in [0.4, 0.5) is 5.69 Å². The first-order valence-corrected chi connectivity index (χ1v) is 7.98. The molecule has 2 N–H and O–H groups in total. The Morgan fingerprint density at radius 1 is 1.24 bits per heavy atom. The van der Waals surface area contributed by atoms with Gasteiger partial charge in [-0.2, -0.15) is 0 Å². The van der Waals surface area contributed by atoms with Crippen molar-refractivity contribution in [2.24, 2.45) is 0 Å². The van der Waals surface area contributed by atoms with Gasteiger partial charge in [0.15, 0.2) is 0 Å². The zero-order valence-corrected chi connectivity index (χ0v) is 13.3. The van der Waals surface area contributed by atoms with Crippen LogP contribution in [0.1, 0.15) is 25.7 Å². The van der Waals surface area contributed by atoms with Gasteiger partial charge in [-0.05, 0) is 25.0 Å². The van der Waals surface area contributed by atoms with Crippen molar-refractivity contribution in [2.75, 3.05) is 25.0 Å². The summed E-state index contributed by atoms with van der Waals surface area (Å²) in [6.45, 7) is 1.49. The molecule has 0 heterocycles. The minimum atomic E-state index is -0.175. The van der Waals surface area contributed by atoms with Gasteiger partial charge in [-0.3, -0.25) is 4.79 Å². The van der Waals surface area contributed by atoms with Gasteiger partial charge >= 0.3 is 0 Å². The monoisotopic (exact) mass is 330 g/mol. The summed E-state index contributed by atoms with van der Waals surface area (Å²) < 4.78 is 5.70. The lowest BCUT2D eigenvalue weighted by atomic mass is 10.3. The van der Waals surface area contributed by atoms with E-state index in [1.165, 1.54) is 12.8 Å². The van der Waals surface area contributed by atoms with Gasteiger partial charge in [0.2, 0.25) is 5.91 Å². The second kappa shape index (κ2) is 8.59. The van der Waals surface area contributed by atoms with Crippen LogP contribution in [-0.4, -0.2) is 31.7 Å². The standard InChI is InChI=1S/C15H20Cl2N2O2/c16-12-6-3-7-13(17)15(12)19-14(20)10-18-8-9-21-11-4-1-2-5-11/h3,6-7,11,18H,1-2,4-5,8-10H2,(H,19,20). The number of carbonyl (C=O) groups is 1. The number of halogens is 2. The number of rotatable bonds is 7. The maximum Gasteiger partial charge on any atom is 0.238 e. The van der Waals surface area contributed by atoms with Crippen molar-refractivity contribution in [3.8, 4) is 0 Å². The van der Waals surface area contributed by atoms with E-state index in [4.69, 9.17) is 27.9 Å². The van der Waals surface area contributed by atoms with Crippen LogP contribution in [0, 0.1) is 0 Å². The lowest BCUT2D eigenvalue weighted by Crippen LogP contribution is -2.31. The zero-order valence-electron chi connectivity index (χ0n) is 11.8. The van der Waals surface area contributed by atoms with Gasteiger partial charge in [0.25, 0.3) is 0 Å². The molecular formula is C15H20Cl2N2O2. The molecule has 0 unspecified atom stereocenters. The molecule has 0 saturated heterocycles. The average Bonchev–Trinajstić information content (AvgIpc) is 2.96. The molecule has 1 aromatic rings. The van der Waals surface area contributed by atoms with Crippen molar-refractivity contribution in [1.82, 2.24) is 5.32 Å². The third kappa shape index (κ3) is 5.47. The van der Waals surface area contributed by atoms with Gasteiger partial charge in [0.05, 0.1) is 35.0 Å². The second-order valence-corrected chi connectivity index (χ2v) is 5.91. The van der Waals surface area contributed by atoms with Crippen molar-refractivity contribution < 1.29 is 9.53 Å². The molecule has 6 heteroatoms. The molecule has 0 aromatic heterocycles. The van der Waals surface area contributed by atoms with Gasteiger partial charge in [-0.1, -0.05) is 42.1 Å². The Morgan fingerprint density at radius 3 is 2.57 bits per heavy atom. The van der Waals surface area contributed by atoms with Gasteiger partial charge in [0.1, 0.15) is 0 Å². The fourth-order valence-corrected chi connectivity index (χ4v) is 2.85. The molecule has 4 nitrogen and oxygen atoms in total. The molecule has 21 heavy (non-hydrogen) atoms. The summed E-state index contributed by atoms with van der Waals surface area (Å²) in [7, 11) is 0. The van der Waals surface area contributed by atoms with Crippen molar-refractivity contribution in [3.63, 3.8) is 0 Å². The predicted octanol–water partition coefficient (Wildman–Crippen LogP) is 3.48. The Labute approximate surface area is 135 Å². The van der Waals surface area contributed by atoms with Crippen LogP contribution in [-0.2, 0) is 9.53 Å². The highest BCUT2D eigenvalue weighted by atomic mass is 35.5. The molecule has 0 atom stereocenters. The topological polar surface area (TPSA) is 50.4 Å². The van der Waals surface area contributed by atoms with Crippen LogP contribution < -0.4 is 10.6 Å². The number of amides is 1. The fourth-order valence-electron chi connectivity index (χ4n) is 2.36. The number of anilines is 1. The van der Waals surface area contributed by atoms with Crippen LogP contribution in [0.15, 0.2) is 18.2 Å². The van der Waals surface area contributed by atoms with Gasteiger partial charge < -0.3 is 15.4 Å². The third-order valence-electron chi connectivity index (χ3n) is 3.45. The second-order valence-electron chi connectivity index (χ2n) is 5.10. The van der Waals surface area contributed by atoms with Gasteiger partial charge in [0, 0.05) is 6.54 Å². The van der Waals surface area contributed by atoms with Crippen molar-refractivity contribution in [2.45, 2.75) is 31.8 Å². The number of hydrogen-bond acceptors (Lipinski definition) is 3. The summed E-state index contributed by atoms with van der Waals surface area (Å²) in [6.07, 6.45) is 5.25. The first kappa shape index (κ1) is 16.6. The van der Waals surface area contributed by atoms with Crippen LogP contribution in [0.25, 0.3) is 0 Å². The minimum absolute atomic E-state index is 0.175. The van der Waals surface area contributed by atoms with Crippen LogP contribution >= 0.6 is 23.2 Å². The number of para-hydroxylation sites is 1. The Balaban J connectivity index is 1.63. The quantitative estimate of drug-likeness (QED) is 0.752. The van der Waals surface area contributed by atoms with Crippen LogP contribution in [0.3, 0.4) is 0 Å². The number of ether oxygens (including phenoxy) is 1. The van der Waals surface area contributed by atoms with E-state index in [1.54, 1.807) is 18.2 Å². The lowest BCUT2D eigenvalue weighted by Gasteiger charge is -2.12. The van der Waals surface area contributed by atoms with E-state index in [9.17, 15) is 4.79 Å². The maximum atomic E-state index is 11.8. The Kier molecular flexibility index (Phi) is 6.77. The molecular weight excluding hydrogens is 311 g/mol. The Hall–Kier alpha value is -0.810. The minimum Gasteiger partial charge on any atom is -0.377 e. The summed E-state index contributed by atoms with van der Waals surface area (Å²) in [4.78, 5) is 11.8. The van der Waals surface area contributed by atoms with E-state index >= 15 is 0 Å². The van der Waals surface area contributed by atoms with E-state index in [1.807, 2.05) is 0 Å². The molecule has 2 rings (SSSR count). The smallest absolute Gasteiger partial charge is 0.238 e. The van der Waals surface area contributed by atoms with E-state index in [-0.39, 0.29) is 12.5 Å². The lowest BCUT2D eigenvalue weighted by molar-refractivity contribution is -0.115. The van der Waals surface area contributed by atoms with Crippen LogP contribution in [0.2, 0.25) is 10.0 Å². The maximum absolute atomic E-state index is 11.8. The first-order valence-electron chi connectivity index (χ1n) is 7.23. The molecule has 1 aliphatic carbocycles. The Morgan fingerprint density at radius 2 is 1.90 bits per heavy atom. The third-order valence-corrected chi connectivity index (χ3v) is 4.08. The summed E-state index contributed by atoms with van der Waals surface area (Å²) in [6, 6.07) is 5.11.